The molecule has 4 rings (SSSR count). The van der Waals surface area contributed by atoms with E-state index in [1.54, 1.807) is 71.0 Å². The van der Waals surface area contributed by atoms with E-state index in [-0.39, 0.29) is 53.9 Å². The maximum Gasteiger partial charge on any atom is 2.00 e. The molecule has 2 amide bonds. The molecule has 10 nitrogen and oxygen atoms in total. The van der Waals surface area contributed by atoms with Crippen molar-refractivity contribution in [3.8, 4) is 11.5 Å². The molecule has 0 atom stereocenters. The Labute approximate surface area is 337 Å². The Hall–Kier alpha value is -1.96. The Kier molecular flexibility index (Phi) is 24.9. The van der Waals surface area contributed by atoms with E-state index in [0.717, 1.165) is 34.6 Å². The van der Waals surface area contributed by atoms with Crippen LogP contribution in [0.5, 0.6) is 11.5 Å². The van der Waals surface area contributed by atoms with Gasteiger partial charge >= 0.3 is 29.1 Å². The molecule has 0 saturated carbocycles. The molecule has 0 aliphatic carbocycles. The van der Waals surface area contributed by atoms with Crippen LogP contribution in [0.2, 0.25) is 10.0 Å². The first-order valence-electron chi connectivity index (χ1n) is 14.9. The summed E-state index contributed by atoms with van der Waals surface area (Å²) >= 11 is 18.6. The monoisotopic (exact) mass is 931 g/mol. The van der Waals surface area contributed by atoms with Crippen LogP contribution in [0, 0.1) is 0 Å². The molecule has 0 aliphatic rings. The van der Waals surface area contributed by atoms with Crippen LogP contribution < -0.4 is 34.3 Å². The number of nitrogens with zero attached hydrogens (tertiary/aromatic N) is 6. The van der Waals surface area contributed by atoms with Gasteiger partial charge in [0.1, 0.15) is 37.4 Å². The Balaban J connectivity index is 0.000000886. The van der Waals surface area contributed by atoms with Crippen LogP contribution >= 0.6 is 55.1 Å². The molecule has 0 spiro atoms. The predicted molar refractivity (Wildman–Crippen MR) is 188 cm³/mol. The van der Waals surface area contributed by atoms with Gasteiger partial charge in [0, 0.05) is 47.9 Å². The molecule has 2 aromatic heterocycles. The van der Waals surface area contributed by atoms with Crippen molar-refractivity contribution >= 4 is 67.1 Å². The fourth-order valence-electron chi connectivity index (χ4n) is 4.09. The predicted octanol–water partition coefficient (Wildman–Crippen LogP) is 2.90. The van der Waals surface area contributed by atoms with E-state index in [4.69, 9.17) is 32.7 Å². The van der Waals surface area contributed by atoms with E-state index in [9.17, 15) is 9.59 Å². The number of rotatable bonds is 14. The number of amides is 2. The second-order valence-electron chi connectivity index (χ2n) is 10.0. The maximum atomic E-state index is 12.4. The van der Waals surface area contributed by atoms with Crippen LogP contribution in [0.15, 0.2) is 82.8 Å². The summed E-state index contributed by atoms with van der Waals surface area (Å²) < 4.78 is 16.0. The van der Waals surface area contributed by atoms with E-state index in [1.807, 2.05) is 0 Å². The Morgan fingerprint density at radius 2 is 1.10 bits per heavy atom. The van der Waals surface area contributed by atoms with Crippen molar-refractivity contribution in [2.45, 2.75) is 39.5 Å². The van der Waals surface area contributed by atoms with E-state index in [1.165, 1.54) is 21.8 Å². The summed E-state index contributed by atoms with van der Waals surface area (Å²) in [5, 5.41) is 1.29. The molecular formula is C32H38Br2Cl4CuN6O4. The third kappa shape index (κ3) is 16.3. The van der Waals surface area contributed by atoms with Gasteiger partial charge in [-0.2, -0.15) is 0 Å². The van der Waals surface area contributed by atoms with Crippen LogP contribution in [0.3, 0.4) is 0 Å². The van der Waals surface area contributed by atoms with Gasteiger partial charge in [0.25, 0.3) is 0 Å². The van der Waals surface area contributed by atoms with Gasteiger partial charge in [-0.05, 0) is 81.1 Å². The van der Waals surface area contributed by atoms with Crippen molar-refractivity contribution in [1.29, 1.82) is 0 Å². The van der Waals surface area contributed by atoms with Gasteiger partial charge in [0.2, 0.25) is 0 Å². The number of benzene rings is 2. The van der Waals surface area contributed by atoms with Gasteiger partial charge in [0.15, 0.2) is 0 Å². The summed E-state index contributed by atoms with van der Waals surface area (Å²) in [7, 11) is 0. The minimum absolute atomic E-state index is 0. The van der Waals surface area contributed by atoms with Crippen LogP contribution in [-0.4, -0.2) is 80.4 Å². The van der Waals surface area contributed by atoms with Crippen molar-refractivity contribution < 1.29 is 60.9 Å². The number of carbonyl (C=O) groups is 2. The van der Waals surface area contributed by atoms with Crippen molar-refractivity contribution in [2.24, 2.45) is 0 Å². The SMILES string of the molecule is CCCCN(CCOc1ccc(Cl)cc1Br)C(=O)n1ccnc1.CCCCN(CCOc1ccc(Cl)cc1Br)C(=O)n1ccnc1.[Cl-].[Cl-].[Cu+2]. The molecule has 4 aromatic rings. The number of carbonyl (C=O) groups excluding carboxylic acids is 2. The average Bonchev–Trinajstić information content (AvgIpc) is 3.78. The molecule has 0 bridgehead atoms. The third-order valence-corrected chi connectivity index (χ3v) is 8.29. The van der Waals surface area contributed by atoms with Crippen LogP contribution in [0.4, 0.5) is 9.59 Å². The Bertz CT molecular complexity index is 1400. The first-order valence-corrected chi connectivity index (χ1v) is 17.3. The molecule has 0 aliphatic heterocycles. The van der Waals surface area contributed by atoms with E-state index >= 15 is 0 Å². The van der Waals surface area contributed by atoms with Crippen molar-refractivity contribution in [1.82, 2.24) is 28.9 Å². The van der Waals surface area contributed by atoms with Crippen molar-refractivity contribution in [3.63, 3.8) is 0 Å². The standard InChI is InChI=1S/2C16H19BrClN3O2.2ClH.Cu/c2*1-2-3-7-20(16(22)21-8-6-19-12-21)9-10-23-15-5-4-13(18)11-14(15)17;;;/h2*4-6,8,11-12H,2-3,7,9-10H2,1H3;2*1H;/q;;;;+2/p-2. The molecule has 0 N–H and O–H groups in total. The molecule has 0 fully saturated rings. The first-order chi connectivity index (χ1) is 22.2. The molecule has 49 heavy (non-hydrogen) atoms. The van der Waals surface area contributed by atoms with Crippen molar-refractivity contribution in [3.05, 3.63) is 92.8 Å². The molecule has 2 aromatic carbocycles. The molecule has 1 radical (unpaired) electrons. The number of unbranched alkanes of at least 4 members (excludes halogenated alkanes) is 2. The zero-order valence-electron chi connectivity index (χ0n) is 26.9. The molecule has 17 heteroatoms. The largest absolute Gasteiger partial charge is 2.00 e. The van der Waals surface area contributed by atoms with Crippen LogP contribution in [0.1, 0.15) is 39.5 Å². The zero-order valence-corrected chi connectivity index (χ0v) is 34.0. The topological polar surface area (TPSA) is 94.7 Å². The number of hydrogen-bond acceptors (Lipinski definition) is 6. The van der Waals surface area contributed by atoms with Gasteiger partial charge in [-0.1, -0.05) is 49.9 Å². The van der Waals surface area contributed by atoms with Crippen molar-refractivity contribution in [2.75, 3.05) is 39.4 Å². The Morgan fingerprint density at radius 3 is 1.41 bits per heavy atom. The Morgan fingerprint density at radius 1 is 0.714 bits per heavy atom. The summed E-state index contributed by atoms with van der Waals surface area (Å²) in [4.78, 5) is 36.2. The normalized spacial score (nSPS) is 9.92. The van der Waals surface area contributed by atoms with Crippen LogP contribution in [-0.2, 0) is 17.1 Å². The van der Waals surface area contributed by atoms with E-state index in [0.29, 0.717) is 60.9 Å². The summed E-state index contributed by atoms with van der Waals surface area (Å²) in [5.74, 6) is 1.42. The number of ether oxygens (including phenoxy) is 2. The minimum atomic E-state index is -0.0882. The minimum Gasteiger partial charge on any atom is -1.00 e. The number of halogens is 6. The zero-order chi connectivity index (χ0) is 33.3. The quantitative estimate of drug-likeness (QED) is 0.181. The number of hydrogen-bond donors (Lipinski definition) is 0. The molecule has 0 saturated heterocycles. The van der Waals surface area contributed by atoms with Gasteiger partial charge < -0.3 is 44.1 Å². The molecular weight excluding hydrogens is 898 g/mol. The van der Waals surface area contributed by atoms with Crippen LogP contribution in [0.25, 0.3) is 0 Å². The number of aromatic nitrogens is 4. The molecule has 0 unspecified atom stereocenters. The van der Waals surface area contributed by atoms with Gasteiger partial charge in [-0.15, -0.1) is 0 Å². The third-order valence-electron chi connectivity index (χ3n) is 6.58. The summed E-state index contributed by atoms with van der Waals surface area (Å²) in [6.45, 7) is 7.41. The summed E-state index contributed by atoms with van der Waals surface area (Å²) in [5.41, 5.74) is 0. The summed E-state index contributed by atoms with van der Waals surface area (Å²) in [6.07, 6.45) is 13.5. The van der Waals surface area contributed by atoms with E-state index < -0.39 is 0 Å². The molecule has 2 heterocycles. The van der Waals surface area contributed by atoms with Gasteiger partial charge in [-0.25, -0.2) is 19.6 Å². The first kappa shape index (κ1) is 47.0. The second kappa shape index (κ2) is 25.9. The fourth-order valence-corrected chi connectivity index (χ4v) is 5.69. The van der Waals surface area contributed by atoms with Gasteiger partial charge in [-0.3, -0.25) is 9.13 Å². The second-order valence-corrected chi connectivity index (χ2v) is 12.6. The van der Waals surface area contributed by atoms with Gasteiger partial charge in [0.05, 0.1) is 22.0 Å². The average molecular weight is 936 g/mol. The maximum absolute atomic E-state index is 12.4. The number of imidazole rings is 2. The molecule has 273 valence electrons. The van der Waals surface area contributed by atoms with E-state index in [2.05, 4.69) is 55.7 Å². The fraction of sp³-hybridized carbons (Fsp3) is 0.375. The smallest absolute Gasteiger partial charge is 1.00 e. The summed E-state index contributed by atoms with van der Waals surface area (Å²) in [6, 6.07) is 10.5.